The second-order valence-corrected chi connectivity index (χ2v) is 3.51. The first-order chi connectivity index (χ1) is 7.91. The molecule has 1 rings (SSSR count). The van der Waals surface area contributed by atoms with E-state index in [9.17, 15) is 13.6 Å². The molecule has 0 radical (unpaired) electrons. The van der Waals surface area contributed by atoms with Gasteiger partial charge in [0.25, 0.3) is 11.8 Å². The fourth-order valence-corrected chi connectivity index (χ4v) is 1.18. The van der Waals surface area contributed by atoms with Crippen molar-refractivity contribution < 1.29 is 18.7 Å². The summed E-state index contributed by atoms with van der Waals surface area (Å²) >= 11 is 0. The van der Waals surface area contributed by atoms with E-state index in [-0.39, 0.29) is 11.4 Å². The quantitative estimate of drug-likeness (QED) is 0.584. The molecule has 0 aliphatic carbocycles. The molecule has 1 heterocycles. The highest BCUT2D eigenvalue weighted by Gasteiger charge is 2.29. The van der Waals surface area contributed by atoms with E-state index in [2.05, 4.69) is 10.2 Å². The maximum atomic E-state index is 12.7. The molecule has 0 saturated carbocycles. The fraction of sp³-hybridized carbons (Fsp3) is 0.556. The monoisotopic (exact) mass is 248 g/mol. The van der Waals surface area contributed by atoms with Gasteiger partial charge in [-0.15, -0.1) is 0 Å². The van der Waals surface area contributed by atoms with Gasteiger partial charge >= 0.3 is 0 Å². The number of hydrogen-bond donors (Lipinski definition) is 4. The Labute approximate surface area is 96.2 Å². The number of aryl methyl sites for hydroxylation is 1. The molecular formula is C9H14F2N4O2. The molecular weight excluding hydrogens is 234 g/mol. The first-order valence-corrected chi connectivity index (χ1v) is 5.01. The van der Waals surface area contributed by atoms with Crippen LogP contribution in [0.2, 0.25) is 0 Å². The summed E-state index contributed by atoms with van der Waals surface area (Å²) in [6.45, 7) is -0.481. The molecule has 8 heteroatoms. The highest BCUT2D eigenvalue weighted by atomic mass is 19.3. The van der Waals surface area contributed by atoms with Crippen molar-refractivity contribution in [1.29, 1.82) is 0 Å². The number of alkyl halides is 2. The number of nitrogens with two attached hydrogens (primary N) is 1. The van der Waals surface area contributed by atoms with E-state index < -0.39 is 25.0 Å². The van der Waals surface area contributed by atoms with Crippen LogP contribution in [-0.4, -0.2) is 40.3 Å². The van der Waals surface area contributed by atoms with Crippen LogP contribution < -0.4 is 11.1 Å². The van der Waals surface area contributed by atoms with E-state index in [1.807, 2.05) is 12.2 Å². The van der Waals surface area contributed by atoms with Gasteiger partial charge in [-0.05, 0) is 6.42 Å². The molecule has 5 N–H and O–H groups in total. The van der Waals surface area contributed by atoms with E-state index in [0.29, 0.717) is 12.1 Å². The Morgan fingerprint density at radius 2 is 2.29 bits per heavy atom. The zero-order valence-corrected chi connectivity index (χ0v) is 9.26. The summed E-state index contributed by atoms with van der Waals surface area (Å²) in [5.74, 6) is -4.15. The third-order valence-corrected chi connectivity index (χ3v) is 2.19. The average molecular weight is 248 g/mol. The van der Waals surface area contributed by atoms with Gasteiger partial charge < -0.3 is 16.2 Å². The van der Waals surface area contributed by atoms with E-state index in [0.717, 1.165) is 0 Å². The zero-order chi connectivity index (χ0) is 13.1. The number of amides is 1. The van der Waals surface area contributed by atoms with Crippen molar-refractivity contribution in [3.63, 3.8) is 0 Å². The topological polar surface area (TPSA) is 104 Å². The molecule has 1 aromatic rings. The summed E-state index contributed by atoms with van der Waals surface area (Å²) < 4.78 is 25.4. The smallest absolute Gasteiger partial charge is 0.287 e. The lowest BCUT2D eigenvalue weighted by Gasteiger charge is -2.13. The zero-order valence-electron chi connectivity index (χ0n) is 9.26. The van der Waals surface area contributed by atoms with E-state index in [1.165, 1.54) is 0 Å². The molecule has 6 nitrogen and oxygen atoms in total. The minimum atomic E-state index is -3.35. The molecule has 0 aromatic carbocycles. The summed E-state index contributed by atoms with van der Waals surface area (Å²) in [7, 11) is 0. The average Bonchev–Trinajstić information content (AvgIpc) is 2.67. The van der Waals surface area contributed by atoms with Gasteiger partial charge in [0.15, 0.2) is 5.69 Å². The number of halogens is 2. The molecule has 0 bridgehead atoms. The first kappa shape index (κ1) is 13.4. The lowest BCUT2D eigenvalue weighted by molar-refractivity contribution is -0.0462. The van der Waals surface area contributed by atoms with Crippen molar-refractivity contribution in [2.45, 2.75) is 19.3 Å². The molecule has 96 valence electrons. The van der Waals surface area contributed by atoms with Gasteiger partial charge in [-0.2, -0.15) is 5.10 Å². The van der Waals surface area contributed by atoms with Gasteiger partial charge in [0.1, 0.15) is 6.61 Å². The Kier molecular flexibility index (Phi) is 4.00. The fourth-order valence-electron chi connectivity index (χ4n) is 1.18. The van der Waals surface area contributed by atoms with Crippen LogP contribution in [0.25, 0.3) is 0 Å². The summed E-state index contributed by atoms with van der Waals surface area (Å²) in [6.07, 6.45) is 0.554. The number of rotatable bonds is 5. The molecule has 0 unspecified atom stereocenters. The largest absolute Gasteiger partial charge is 0.395 e. The lowest BCUT2D eigenvalue weighted by Crippen LogP contribution is -2.39. The summed E-state index contributed by atoms with van der Waals surface area (Å²) in [4.78, 5) is 11.5. The number of hydrogen-bond acceptors (Lipinski definition) is 4. The van der Waals surface area contributed by atoms with Crippen molar-refractivity contribution in [1.82, 2.24) is 15.5 Å². The Balaban J connectivity index is 2.67. The predicted octanol–water partition coefficient (Wildman–Crippen LogP) is -0.0883. The van der Waals surface area contributed by atoms with Crippen LogP contribution >= 0.6 is 0 Å². The number of H-pyrrole nitrogens is 1. The highest BCUT2D eigenvalue weighted by molar-refractivity contribution is 5.97. The number of aromatic amines is 1. The van der Waals surface area contributed by atoms with Gasteiger partial charge in [0.05, 0.1) is 17.9 Å². The van der Waals surface area contributed by atoms with Crippen LogP contribution in [0.4, 0.5) is 14.5 Å². The van der Waals surface area contributed by atoms with Gasteiger partial charge in [0, 0.05) is 0 Å². The molecule has 0 aliphatic heterocycles. The Morgan fingerprint density at radius 1 is 1.65 bits per heavy atom. The summed E-state index contributed by atoms with van der Waals surface area (Å²) in [5.41, 5.74) is 6.20. The SMILES string of the molecule is CCc1[nH]nc(C(=O)NCC(F)(F)CO)c1N. The minimum absolute atomic E-state index is 0.115. The van der Waals surface area contributed by atoms with Gasteiger partial charge in [-0.1, -0.05) is 6.92 Å². The Hall–Kier alpha value is -1.70. The highest BCUT2D eigenvalue weighted by Crippen LogP contribution is 2.15. The molecule has 1 aromatic heterocycles. The van der Waals surface area contributed by atoms with Crippen molar-refractivity contribution in [3.05, 3.63) is 11.4 Å². The second kappa shape index (κ2) is 5.09. The number of carbonyl (C=O) groups is 1. The Morgan fingerprint density at radius 3 is 2.76 bits per heavy atom. The van der Waals surface area contributed by atoms with Crippen molar-refractivity contribution in [2.75, 3.05) is 18.9 Å². The van der Waals surface area contributed by atoms with Gasteiger partial charge in [-0.25, -0.2) is 8.78 Å². The molecule has 0 atom stereocenters. The third kappa shape index (κ3) is 3.13. The van der Waals surface area contributed by atoms with Crippen LogP contribution in [-0.2, 0) is 6.42 Å². The van der Waals surface area contributed by atoms with Crippen LogP contribution in [0.15, 0.2) is 0 Å². The van der Waals surface area contributed by atoms with Gasteiger partial charge in [0.2, 0.25) is 0 Å². The first-order valence-electron chi connectivity index (χ1n) is 5.01. The number of anilines is 1. The number of aromatic nitrogens is 2. The maximum Gasteiger partial charge on any atom is 0.287 e. The Bertz CT molecular complexity index is 406. The van der Waals surface area contributed by atoms with Crippen molar-refractivity contribution in [2.24, 2.45) is 0 Å². The number of aliphatic hydroxyl groups excluding tert-OH is 1. The van der Waals surface area contributed by atoms with Crippen LogP contribution in [0.5, 0.6) is 0 Å². The van der Waals surface area contributed by atoms with E-state index in [1.54, 1.807) is 0 Å². The number of nitrogens with one attached hydrogen (secondary N) is 2. The maximum absolute atomic E-state index is 12.7. The molecule has 17 heavy (non-hydrogen) atoms. The second-order valence-electron chi connectivity index (χ2n) is 3.51. The lowest BCUT2D eigenvalue weighted by atomic mass is 10.2. The molecule has 0 fully saturated rings. The molecule has 1 amide bonds. The summed E-state index contributed by atoms with van der Waals surface area (Å²) in [6, 6.07) is 0. The molecule has 0 spiro atoms. The third-order valence-electron chi connectivity index (χ3n) is 2.19. The van der Waals surface area contributed by atoms with Crippen LogP contribution in [0.3, 0.4) is 0 Å². The standard InChI is InChI=1S/C9H14F2N4O2/c1-2-5-6(12)7(15-14-5)8(17)13-3-9(10,11)4-16/h16H,2-4,12H2,1H3,(H,13,17)(H,14,15). The van der Waals surface area contributed by atoms with Crippen molar-refractivity contribution in [3.8, 4) is 0 Å². The molecule has 0 aliphatic rings. The van der Waals surface area contributed by atoms with Crippen LogP contribution in [0.1, 0.15) is 23.1 Å². The van der Waals surface area contributed by atoms with Crippen molar-refractivity contribution >= 4 is 11.6 Å². The van der Waals surface area contributed by atoms with Crippen LogP contribution in [0, 0.1) is 0 Å². The normalized spacial score (nSPS) is 11.5. The number of nitrogens with zero attached hydrogens (tertiary/aromatic N) is 1. The molecule has 0 saturated heterocycles. The number of nitrogen functional groups attached to an aromatic ring is 1. The number of aliphatic hydroxyl groups is 1. The van der Waals surface area contributed by atoms with Gasteiger partial charge in [-0.3, -0.25) is 9.89 Å². The van der Waals surface area contributed by atoms with E-state index in [4.69, 9.17) is 10.8 Å². The predicted molar refractivity (Wildman–Crippen MR) is 56.7 cm³/mol. The minimum Gasteiger partial charge on any atom is -0.395 e. The number of carbonyl (C=O) groups excluding carboxylic acids is 1. The van der Waals surface area contributed by atoms with E-state index >= 15 is 0 Å². The summed E-state index contributed by atoms with van der Waals surface area (Å²) in [5, 5.41) is 16.5.